The number of hydrogen-bond acceptors (Lipinski definition) is 1. The summed E-state index contributed by atoms with van der Waals surface area (Å²) in [5.74, 6) is 0.425. The first-order valence-electron chi connectivity index (χ1n) is 3.77. The zero-order valence-corrected chi connectivity index (χ0v) is 8.31. The molecular formula is C9H15BrO. The Morgan fingerprint density at radius 2 is 2.18 bits per heavy atom. The van der Waals surface area contributed by atoms with Crippen molar-refractivity contribution in [2.24, 2.45) is 5.92 Å². The van der Waals surface area contributed by atoms with Crippen LogP contribution in [0.5, 0.6) is 0 Å². The van der Waals surface area contributed by atoms with Gasteiger partial charge in [0.2, 0.25) is 0 Å². The van der Waals surface area contributed by atoms with Gasteiger partial charge in [0.05, 0.1) is 0 Å². The van der Waals surface area contributed by atoms with E-state index in [4.69, 9.17) is 5.11 Å². The molecule has 0 aliphatic carbocycles. The molecule has 0 aliphatic heterocycles. The summed E-state index contributed by atoms with van der Waals surface area (Å²) in [6.07, 6.45) is 4.68. The Balaban J connectivity index is 3.51. The molecule has 1 atom stereocenters. The minimum Gasteiger partial charge on any atom is -0.396 e. The highest BCUT2D eigenvalue weighted by Gasteiger charge is 2.02. The van der Waals surface area contributed by atoms with Gasteiger partial charge in [0.25, 0.3) is 0 Å². The molecule has 1 unspecified atom stereocenters. The molecule has 0 bridgehead atoms. The molecule has 0 radical (unpaired) electrons. The maximum atomic E-state index is 8.65. The summed E-state index contributed by atoms with van der Waals surface area (Å²) in [6, 6.07) is 0. The highest BCUT2D eigenvalue weighted by molar-refractivity contribution is 9.11. The normalized spacial score (nSPS) is 12.5. The lowest BCUT2D eigenvalue weighted by Gasteiger charge is -2.08. The number of rotatable bonds is 6. The largest absolute Gasteiger partial charge is 0.396 e. The van der Waals surface area contributed by atoms with Crippen LogP contribution in [0.2, 0.25) is 0 Å². The molecular weight excluding hydrogens is 204 g/mol. The van der Waals surface area contributed by atoms with Crippen molar-refractivity contribution in [2.45, 2.75) is 19.3 Å². The van der Waals surface area contributed by atoms with E-state index >= 15 is 0 Å². The smallest absolute Gasteiger partial charge is 0.0436 e. The molecule has 0 saturated heterocycles. The summed E-state index contributed by atoms with van der Waals surface area (Å²) < 4.78 is 1.02. The van der Waals surface area contributed by atoms with Crippen molar-refractivity contribution in [3.05, 3.63) is 23.7 Å². The number of allylic oxidation sites excluding steroid dienone is 2. The van der Waals surface area contributed by atoms with Gasteiger partial charge in [-0.1, -0.05) is 28.6 Å². The Kier molecular flexibility index (Phi) is 6.57. The lowest BCUT2D eigenvalue weighted by molar-refractivity contribution is 0.267. The third kappa shape index (κ3) is 6.32. The quantitative estimate of drug-likeness (QED) is 0.681. The van der Waals surface area contributed by atoms with Crippen molar-refractivity contribution in [1.29, 1.82) is 0 Å². The number of hydrogen-bond donors (Lipinski definition) is 1. The average Bonchev–Trinajstić information content (AvgIpc) is 1.97. The number of aliphatic hydroxyl groups excluding tert-OH is 1. The maximum Gasteiger partial charge on any atom is 0.0436 e. The second kappa shape index (κ2) is 6.62. The molecule has 0 spiro atoms. The fourth-order valence-electron chi connectivity index (χ4n) is 0.888. The Morgan fingerprint density at radius 1 is 1.55 bits per heavy atom. The van der Waals surface area contributed by atoms with Crippen LogP contribution in [0.15, 0.2) is 23.7 Å². The van der Waals surface area contributed by atoms with E-state index in [1.807, 2.05) is 6.08 Å². The van der Waals surface area contributed by atoms with Gasteiger partial charge in [0.1, 0.15) is 0 Å². The van der Waals surface area contributed by atoms with Crippen molar-refractivity contribution in [2.75, 3.05) is 6.61 Å². The molecule has 0 aliphatic rings. The van der Waals surface area contributed by atoms with Crippen molar-refractivity contribution < 1.29 is 5.11 Å². The predicted molar refractivity (Wildman–Crippen MR) is 52.7 cm³/mol. The van der Waals surface area contributed by atoms with Crippen molar-refractivity contribution in [3.8, 4) is 0 Å². The molecule has 0 aromatic carbocycles. The molecule has 64 valence electrons. The molecule has 0 heterocycles. The van der Waals surface area contributed by atoms with Gasteiger partial charge in [0.15, 0.2) is 0 Å². The van der Waals surface area contributed by atoms with Crippen LogP contribution in [0, 0.1) is 5.92 Å². The Labute approximate surface area is 76.9 Å². The fraction of sp³-hybridized carbons (Fsp3) is 0.556. The maximum absolute atomic E-state index is 8.65. The molecule has 0 fully saturated rings. The Bertz CT molecular complexity index is 132. The van der Waals surface area contributed by atoms with Crippen molar-refractivity contribution >= 4 is 15.9 Å². The zero-order chi connectivity index (χ0) is 8.69. The lowest BCUT2D eigenvalue weighted by atomic mass is 10.0. The van der Waals surface area contributed by atoms with Crippen molar-refractivity contribution in [1.82, 2.24) is 0 Å². The number of aliphatic hydroxyl groups is 1. The molecule has 0 saturated carbocycles. The summed E-state index contributed by atoms with van der Waals surface area (Å²) >= 11 is 3.29. The topological polar surface area (TPSA) is 20.2 Å². The van der Waals surface area contributed by atoms with E-state index in [1.165, 1.54) is 0 Å². The highest BCUT2D eigenvalue weighted by atomic mass is 79.9. The van der Waals surface area contributed by atoms with Crippen LogP contribution in [0.1, 0.15) is 19.3 Å². The molecule has 1 N–H and O–H groups in total. The summed E-state index contributed by atoms with van der Waals surface area (Å²) in [5.41, 5.74) is 0. The first-order valence-corrected chi connectivity index (χ1v) is 4.56. The van der Waals surface area contributed by atoms with E-state index in [-0.39, 0.29) is 6.61 Å². The monoisotopic (exact) mass is 218 g/mol. The summed E-state index contributed by atoms with van der Waals surface area (Å²) in [5, 5.41) is 8.65. The number of halogens is 1. The van der Waals surface area contributed by atoms with Gasteiger partial charge in [-0.25, -0.2) is 0 Å². The third-order valence-electron chi connectivity index (χ3n) is 1.62. The molecule has 0 aromatic heterocycles. The standard InChI is InChI=1S/C9H15BrO/c1-3-9(6-7-11)5-4-8(2)10/h3,9,11H,1-2,4-7H2. The van der Waals surface area contributed by atoms with Crippen LogP contribution in [0.3, 0.4) is 0 Å². The first kappa shape index (κ1) is 10.9. The van der Waals surface area contributed by atoms with E-state index in [1.54, 1.807) is 0 Å². The summed E-state index contributed by atoms with van der Waals surface area (Å²) in [7, 11) is 0. The lowest BCUT2D eigenvalue weighted by Crippen LogP contribution is -1.98. The second-order valence-electron chi connectivity index (χ2n) is 2.56. The van der Waals surface area contributed by atoms with E-state index in [2.05, 4.69) is 29.1 Å². The van der Waals surface area contributed by atoms with Crippen LogP contribution in [0.25, 0.3) is 0 Å². The molecule has 11 heavy (non-hydrogen) atoms. The van der Waals surface area contributed by atoms with Gasteiger partial charge >= 0.3 is 0 Å². The molecule has 0 amide bonds. The van der Waals surface area contributed by atoms with Gasteiger partial charge < -0.3 is 5.11 Å². The van der Waals surface area contributed by atoms with E-state index in [9.17, 15) is 0 Å². The van der Waals surface area contributed by atoms with Crippen LogP contribution >= 0.6 is 15.9 Å². The predicted octanol–water partition coefficient (Wildman–Crippen LogP) is 2.86. The van der Waals surface area contributed by atoms with Crippen molar-refractivity contribution in [3.63, 3.8) is 0 Å². The van der Waals surface area contributed by atoms with Crippen LogP contribution in [-0.2, 0) is 0 Å². The molecule has 2 heteroatoms. The van der Waals surface area contributed by atoms with Crippen LogP contribution < -0.4 is 0 Å². The third-order valence-corrected chi connectivity index (χ3v) is 2.02. The molecule has 1 nitrogen and oxygen atoms in total. The van der Waals surface area contributed by atoms with E-state index in [0.717, 1.165) is 23.7 Å². The average molecular weight is 219 g/mol. The Hall–Kier alpha value is -0.0800. The summed E-state index contributed by atoms with van der Waals surface area (Å²) in [6.45, 7) is 7.68. The van der Waals surface area contributed by atoms with Gasteiger partial charge in [-0.2, -0.15) is 0 Å². The van der Waals surface area contributed by atoms with Crippen LogP contribution in [0.4, 0.5) is 0 Å². The van der Waals surface area contributed by atoms with Gasteiger partial charge in [0, 0.05) is 6.61 Å². The molecule has 0 rings (SSSR count). The van der Waals surface area contributed by atoms with E-state index < -0.39 is 0 Å². The van der Waals surface area contributed by atoms with Crippen LogP contribution in [-0.4, -0.2) is 11.7 Å². The van der Waals surface area contributed by atoms with Gasteiger partial charge in [-0.15, -0.1) is 6.58 Å². The SMILES string of the molecule is C=CC(CCO)CCC(=C)Br. The highest BCUT2D eigenvalue weighted by Crippen LogP contribution is 2.18. The van der Waals surface area contributed by atoms with Gasteiger partial charge in [-0.3, -0.25) is 0 Å². The first-order chi connectivity index (χ1) is 5.20. The minimum atomic E-state index is 0.242. The van der Waals surface area contributed by atoms with E-state index in [0.29, 0.717) is 5.92 Å². The Morgan fingerprint density at radius 3 is 2.55 bits per heavy atom. The summed E-state index contributed by atoms with van der Waals surface area (Å²) in [4.78, 5) is 0. The fourth-order valence-corrected chi connectivity index (χ4v) is 1.12. The minimum absolute atomic E-state index is 0.242. The second-order valence-corrected chi connectivity index (χ2v) is 3.69. The molecule has 0 aromatic rings. The van der Waals surface area contributed by atoms with Gasteiger partial charge in [-0.05, 0) is 29.7 Å². The zero-order valence-electron chi connectivity index (χ0n) is 6.72.